The van der Waals surface area contributed by atoms with Gasteiger partial charge >= 0.3 is 0 Å². The Labute approximate surface area is 109 Å². The van der Waals surface area contributed by atoms with Crippen molar-refractivity contribution >= 4 is 0 Å². The topological polar surface area (TPSA) is 58.3 Å². The molecule has 3 heteroatoms. The first-order valence-electron chi connectivity index (χ1n) is 6.90. The number of benzene rings is 1. The number of aliphatic hydroxyl groups is 1. The fraction of sp³-hybridized carbons (Fsp3) is 0.600. The number of rotatable bonds is 5. The van der Waals surface area contributed by atoms with Gasteiger partial charge in [0.25, 0.3) is 0 Å². The number of nitrogens with one attached hydrogen (secondary N) is 1. The van der Waals surface area contributed by atoms with Crippen LogP contribution in [0.15, 0.2) is 24.3 Å². The van der Waals surface area contributed by atoms with Gasteiger partial charge in [0.1, 0.15) is 0 Å². The van der Waals surface area contributed by atoms with E-state index in [9.17, 15) is 5.11 Å². The van der Waals surface area contributed by atoms with E-state index in [0.717, 1.165) is 19.3 Å². The average molecular weight is 248 g/mol. The van der Waals surface area contributed by atoms with Crippen LogP contribution < -0.4 is 11.1 Å². The van der Waals surface area contributed by atoms with E-state index in [1.807, 2.05) is 19.9 Å². The minimum atomic E-state index is -0.596. The van der Waals surface area contributed by atoms with Gasteiger partial charge < -0.3 is 16.2 Å². The SMILES string of the molecule is CCC(O)(CC)CNC1CC(N)c2ccccc21. The van der Waals surface area contributed by atoms with E-state index in [0.29, 0.717) is 6.54 Å². The van der Waals surface area contributed by atoms with Gasteiger partial charge in [0.15, 0.2) is 0 Å². The molecule has 0 saturated carbocycles. The fourth-order valence-corrected chi connectivity index (χ4v) is 2.68. The van der Waals surface area contributed by atoms with Crippen molar-refractivity contribution in [1.82, 2.24) is 5.32 Å². The van der Waals surface area contributed by atoms with Crippen molar-refractivity contribution in [3.05, 3.63) is 35.4 Å². The van der Waals surface area contributed by atoms with Gasteiger partial charge in [-0.15, -0.1) is 0 Å². The third kappa shape index (κ3) is 2.58. The maximum Gasteiger partial charge on any atom is 0.0766 e. The maximum absolute atomic E-state index is 10.3. The molecule has 2 rings (SSSR count). The molecule has 18 heavy (non-hydrogen) atoms. The van der Waals surface area contributed by atoms with E-state index < -0.39 is 5.60 Å². The Morgan fingerprint density at radius 3 is 2.50 bits per heavy atom. The van der Waals surface area contributed by atoms with Crippen LogP contribution in [0.25, 0.3) is 0 Å². The summed E-state index contributed by atoms with van der Waals surface area (Å²) in [6.45, 7) is 4.69. The predicted octanol–water partition coefficient (Wildman–Crippen LogP) is 2.27. The standard InChI is InChI=1S/C15H24N2O/c1-3-15(18,4-2)10-17-14-9-13(16)11-7-5-6-8-12(11)14/h5-8,13-14,17-18H,3-4,9-10,16H2,1-2H3. The molecule has 0 heterocycles. The van der Waals surface area contributed by atoms with Crippen LogP contribution in [0.3, 0.4) is 0 Å². The Bertz CT molecular complexity index is 401. The molecule has 0 spiro atoms. The largest absolute Gasteiger partial charge is 0.389 e. The van der Waals surface area contributed by atoms with Gasteiger partial charge in [-0.2, -0.15) is 0 Å². The Morgan fingerprint density at radius 1 is 1.28 bits per heavy atom. The normalized spacial score (nSPS) is 23.1. The molecular formula is C15H24N2O. The summed E-state index contributed by atoms with van der Waals surface area (Å²) in [6, 6.07) is 8.73. The highest BCUT2D eigenvalue weighted by molar-refractivity contribution is 5.37. The molecule has 100 valence electrons. The lowest BCUT2D eigenvalue weighted by Gasteiger charge is -2.27. The highest BCUT2D eigenvalue weighted by Crippen LogP contribution is 2.37. The zero-order chi connectivity index (χ0) is 13.2. The zero-order valence-corrected chi connectivity index (χ0v) is 11.3. The maximum atomic E-state index is 10.3. The Hall–Kier alpha value is -0.900. The van der Waals surface area contributed by atoms with Crippen LogP contribution in [0, 0.1) is 0 Å². The Kier molecular flexibility index (Phi) is 4.05. The molecule has 2 unspecified atom stereocenters. The van der Waals surface area contributed by atoms with Crippen LogP contribution in [0.1, 0.15) is 56.3 Å². The first-order valence-corrected chi connectivity index (χ1v) is 6.90. The second-order valence-electron chi connectivity index (χ2n) is 5.34. The minimum absolute atomic E-state index is 0.120. The smallest absolute Gasteiger partial charge is 0.0766 e. The van der Waals surface area contributed by atoms with Gasteiger partial charge in [-0.25, -0.2) is 0 Å². The van der Waals surface area contributed by atoms with Crippen LogP contribution in [-0.2, 0) is 0 Å². The quantitative estimate of drug-likeness (QED) is 0.749. The average Bonchev–Trinajstić information content (AvgIpc) is 2.74. The number of hydrogen-bond donors (Lipinski definition) is 3. The lowest BCUT2D eigenvalue weighted by Crippen LogP contribution is -2.40. The lowest BCUT2D eigenvalue weighted by atomic mass is 9.96. The van der Waals surface area contributed by atoms with Crippen molar-refractivity contribution in [2.75, 3.05) is 6.54 Å². The molecule has 0 amide bonds. The molecule has 1 aromatic carbocycles. The minimum Gasteiger partial charge on any atom is -0.389 e. The van der Waals surface area contributed by atoms with Crippen molar-refractivity contribution < 1.29 is 5.11 Å². The van der Waals surface area contributed by atoms with E-state index >= 15 is 0 Å². The molecular weight excluding hydrogens is 224 g/mol. The molecule has 0 bridgehead atoms. The summed E-state index contributed by atoms with van der Waals surface area (Å²) in [5, 5.41) is 13.8. The van der Waals surface area contributed by atoms with Gasteiger partial charge in [0.2, 0.25) is 0 Å². The highest BCUT2D eigenvalue weighted by atomic mass is 16.3. The molecule has 0 saturated heterocycles. The van der Waals surface area contributed by atoms with Crippen LogP contribution in [0.4, 0.5) is 0 Å². The van der Waals surface area contributed by atoms with Gasteiger partial charge in [0, 0.05) is 18.6 Å². The molecule has 0 aromatic heterocycles. The lowest BCUT2D eigenvalue weighted by molar-refractivity contribution is 0.0297. The molecule has 4 N–H and O–H groups in total. The van der Waals surface area contributed by atoms with E-state index in [2.05, 4.69) is 23.5 Å². The molecule has 1 aliphatic rings. The highest BCUT2D eigenvalue weighted by Gasteiger charge is 2.30. The summed E-state index contributed by atoms with van der Waals surface area (Å²) in [7, 11) is 0. The molecule has 0 fully saturated rings. The van der Waals surface area contributed by atoms with E-state index in [1.54, 1.807) is 0 Å². The molecule has 0 aliphatic heterocycles. The summed E-state index contributed by atoms with van der Waals surface area (Å²) >= 11 is 0. The molecule has 1 aromatic rings. The predicted molar refractivity (Wildman–Crippen MR) is 74.3 cm³/mol. The summed E-state index contributed by atoms with van der Waals surface area (Å²) in [5.41, 5.74) is 8.08. The first-order chi connectivity index (χ1) is 8.59. The second-order valence-corrected chi connectivity index (χ2v) is 5.34. The first kappa shape index (κ1) is 13.5. The van der Waals surface area contributed by atoms with Gasteiger partial charge in [-0.3, -0.25) is 0 Å². The third-order valence-corrected chi connectivity index (χ3v) is 4.25. The number of nitrogens with two attached hydrogens (primary N) is 1. The van der Waals surface area contributed by atoms with E-state index in [1.165, 1.54) is 11.1 Å². The van der Waals surface area contributed by atoms with Crippen molar-refractivity contribution in [3.63, 3.8) is 0 Å². The number of fused-ring (bicyclic) bond motifs is 1. The van der Waals surface area contributed by atoms with Crippen LogP contribution in [0.2, 0.25) is 0 Å². The Balaban J connectivity index is 2.05. The number of hydrogen-bond acceptors (Lipinski definition) is 3. The van der Waals surface area contributed by atoms with Gasteiger partial charge in [0.05, 0.1) is 5.60 Å². The molecule has 3 nitrogen and oxygen atoms in total. The van der Waals surface area contributed by atoms with Crippen LogP contribution >= 0.6 is 0 Å². The van der Waals surface area contributed by atoms with E-state index in [-0.39, 0.29) is 12.1 Å². The van der Waals surface area contributed by atoms with Crippen molar-refractivity contribution in [2.45, 2.75) is 50.8 Å². The van der Waals surface area contributed by atoms with Crippen molar-refractivity contribution in [1.29, 1.82) is 0 Å². The van der Waals surface area contributed by atoms with Crippen molar-refractivity contribution in [2.24, 2.45) is 5.73 Å². The second kappa shape index (κ2) is 5.39. The monoisotopic (exact) mass is 248 g/mol. The van der Waals surface area contributed by atoms with Gasteiger partial charge in [-0.1, -0.05) is 38.1 Å². The summed E-state index contributed by atoms with van der Waals surface area (Å²) < 4.78 is 0. The molecule has 2 atom stereocenters. The molecule has 1 aliphatic carbocycles. The Morgan fingerprint density at radius 2 is 1.89 bits per heavy atom. The van der Waals surface area contributed by atoms with Crippen molar-refractivity contribution in [3.8, 4) is 0 Å². The fourth-order valence-electron chi connectivity index (χ4n) is 2.68. The summed E-state index contributed by atoms with van der Waals surface area (Å²) in [4.78, 5) is 0. The van der Waals surface area contributed by atoms with Crippen LogP contribution in [0.5, 0.6) is 0 Å². The summed E-state index contributed by atoms with van der Waals surface area (Å²) in [5.74, 6) is 0. The summed E-state index contributed by atoms with van der Waals surface area (Å²) in [6.07, 6.45) is 2.47. The third-order valence-electron chi connectivity index (χ3n) is 4.25. The van der Waals surface area contributed by atoms with Crippen LogP contribution in [-0.4, -0.2) is 17.3 Å². The zero-order valence-electron chi connectivity index (χ0n) is 11.3. The van der Waals surface area contributed by atoms with E-state index in [4.69, 9.17) is 5.73 Å². The molecule has 0 radical (unpaired) electrons. The van der Waals surface area contributed by atoms with Gasteiger partial charge in [-0.05, 0) is 30.4 Å².